The summed E-state index contributed by atoms with van der Waals surface area (Å²) in [6.45, 7) is 1.99. The van der Waals surface area contributed by atoms with Crippen LogP contribution in [0.3, 0.4) is 0 Å². The molecule has 2 aromatic carbocycles. The number of hydrogen-bond donors (Lipinski definition) is 1. The van der Waals surface area contributed by atoms with Crippen LogP contribution in [0, 0.1) is 10.1 Å². The van der Waals surface area contributed by atoms with E-state index in [0.717, 1.165) is 18.6 Å². The monoisotopic (exact) mass is 342 g/mol. The second-order valence-electron chi connectivity index (χ2n) is 6.25. The maximum atomic E-state index is 11.2. The van der Waals surface area contributed by atoms with E-state index in [0.29, 0.717) is 25.4 Å². The Morgan fingerprint density at radius 1 is 1.16 bits per heavy atom. The molecule has 1 heterocycles. The number of rotatable bonds is 6. The highest BCUT2D eigenvalue weighted by Crippen LogP contribution is 2.36. The highest BCUT2D eigenvalue weighted by Gasteiger charge is 2.34. The molecule has 1 saturated heterocycles. The number of nitrogens with zero attached hydrogens (tertiary/aromatic N) is 1. The third-order valence-electron chi connectivity index (χ3n) is 4.87. The number of ether oxygens (including phenoxy) is 2. The first-order valence-electron chi connectivity index (χ1n) is 8.34. The van der Waals surface area contributed by atoms with Crippen LogP contribution < -0.4 is 10.1 Å². The standard InChI is InChI=1S/C19H22N2O4/c1-24-16-8-6-15(7-9-16)19(10-12-25-13-11-19)14-20-17-4-2-3-5-18(17)21(22)23/h2-9,20H,10-14H2,1H3. The summed E-state index contributed by atoms with van der Waals surface area (Å²) in [6, 6.07) is 14.8. The predicted molar refractivity (Wildman–Crippen MR) is 96.3 cm³/mol. The molecule has 1 fully saturated rings. The summed E-state index contributed by atoms with van der Waals surface area (Å²) >= 11 is 0. The lowest BCUT2D eigenvalue weighted by atomic mass is 9.74. The van der Waals surface area contributed by atoms with Crippen LogP contribution in [-0.2, 0) is 10.2 Å². The predicted octanol–water partition coefficient (Wildman–Crippen LogP) is 3.76. The Hall–Kier alpha value is -2.60. The van der Waals surface area contributed by atoms with E-state index in [-0.39, 0.29) is 16.0 Å². The summed E-state index contributed by atoms with van der Waals surface area (Å²) in [5.74, 6) is 0.817. The second kappa shape index (κ2) is 7.53. The third-order valence-corrected chi connectivity index (χ3v) is 4.87. The molecular formula is C19H22N2O4. The van der Waals surface area contributed by atoms with Crippen LogP contribution in [0.5, 0.6) is 5.75 Å². The van der Waals surface area contributed by atoms with E-state index in [1.54, 1.807) is 25.3 Å². The molecule has 0 atom stereocenters. The number of nitro benzene ring substituents is 1. The first-order chi connectivity index (χ1) is 12.1. The molecule has 1 N–H and O–H groups in total. The van der Waals surface area contributed by atoms with E-state index in [2.05, 4.69) is 17.4 Å². The molecule has 0 aliphatic carbocycles. The van der Waals surface area contributed by atoms with Crippen LogP contribution in [0.2, 0.25) is 0 Å². The average Bonchev–Trinajstić information content (AvgIpc) is 2.67. The van der Waals surface area contributed by atoms with Crippen LogP contribution >= 0.6 is 0 Å². The van der Waals surface area contributed by atoms with Crippen molar-refractivity contribution in [2.24, 2.45) is 0 Å². The van der Waals surface area contributed by atoms with Gasteiger partial charge in [-0.15, -0.1) is 0 Å². The summed E-state index contributed by atoms with van der Waals surface area (Å²) in [5, 5.41) is 14.5. The van der Waals surface area contributed by atoms with Gasteiger partial charge in [-0.05, 0) is 36.6 Å². The van der Waals surface area contributed by atoms with Crippen molar-refractivity contribution in [2.45, 2.75) is 18.3 Å². The summed E-state index contributed by atoms with van der Waals surface area (Å²) in [4.78, 5) is 10.9. The van der Waals surface area contributed by atoms with E-state index < -0.39 is 0 Å². The van der Waals surface area contributed by atoms with Gasteiger partial charge in [-0.3, -0.25) is 10.1 Å². The lowest BCUT2D eigenvalue weighted by Crippen LogP contribution is -2.40. The zero-order valence-corrected chi connectivity index (χ0v) is 14.2. The molecule has 0 amide bonds. The first kappa shape index (κ1) is 17.2. The minimum atomic E-state index is -0.355. The van der Waals surface area contributed by atoms with Crippen molar-refractivity contribution in [1.29, 1.82) is 0 Å². The van der Waals surface area contributed by atoms with Crippen LogP contribution in [0.4, 0.5) is 11.4 Å². The van der Waals surface area contributed by atoms with E-state index in [4.69, 9.17) is 9.47 Å². The summed E-state index contributed by atoms with van der Waals surface area (Å²) in [7, 11) is 1.65. The fourth-order valence-corrected chi connectivity index (χ4v) is 3.32. The van der Waals surface area contributed by atoms with Gasteiger partial charge in [-0.2, -0.15) is 0 Å². The summed E-state index contributed by atoms with van der Waals surface area (Å²) < 4.78 is 10.8. The van der Waals surface area contributed by atoms with Crippen LogP contribution in [0.1, 0.15) is 18.4 Å². The molecular weight excluding hydrogens is 320 g/mol. The number of benzene rings is 2. The molecule has 0 saturated carbocycles. The third kappa shape index (κ3) is 3.74. The molecule has 6 heteroatoms. The average molecular weight is 342 g/mol. The Kier molecular flexibility index (Phi) is 5.19. The van der Waals surface area contributed by atoms with Crippen molar-refractivity contribution >= 4 is 11.4 Å². The molecule has 2 aromatic rings. The zero-order chi connectivity index (χ0) is 17.7. The van der Waals surface area contributed by atoms with E-state index in [1.165, 1.54) is 11.6 Å². The molecule has 0 radical (unpaired) electrons. The molecule has 1 aliphatic heterocycles. The topological polar surface area (TPSA) is 73.6 Å². The van der Waals surface area contributed by atoms with Crippen molar-refractivity contribution in [2.75, 3.05) is 32.2 Å². The minimum absolute atomic E-state index is 0.0967. The maximum Gasteiger partial charge on any atom is 0.292 e. The molecule has 1 aliphatic rings. The van der Waals surface area contributed by atoms with Crippen molar-refractivity contribution in [3.8, 4) is 5.75 Å². The zero-order valence-electron chi connectivity index (χ0n) is 14.2. The van der Waals surface area contributed by atoms with E-state index >= 15 is 0 Å². The summed E-state index contributed by atoms with van der Waals surface area (Å²) in [6.07, 6.45) is 1.74. The fourth-order valence-electron chi connectivity index (χ4n) is 3.32. The van der Waals surface area contributed by atoms with Gasteiger partial charge < -0.3 is 14.8 Å². The molecule has 0 unspecified atom stereocenters. The number of methoxy groups -OCH3 is 1. The van der Waals surface area contributed by atoms with Crippen molar-refractivity contribution in [3.05, 3.63) is 64.2 Å². The Labute approximate surface area is 146 Å². The lowest BCUT2D eigenvalue weighted by Gasteiger charge is -2.38. The number of para-hydroxylation sites is 2. The Morgan fingerprint density at radius 3 is 2.48 bits per heavy atom. The molecule has 3 rings (SSSR count). The second-order valence-corrected chi connectivity index (χ2v) is 6.25. The van der Waals surface area contributed by atoms with Gasteiger partial charge in [-0.1, -0.05) is 24.3 Å². The first-order valence-corrected chi connectivity index (χ1v) is 8.34. The Morgan fingerprint density at radius 2 is 1.84 bits per heavy atom. The minimum Gasteiger partial charge on any atom is -0.497 e. The SMILES string of the molecule is COc1ccc(C2(CNc3ccccc3[N+](=O)[O-])CCOCC2)cc1. The van der Waals surface area contributed by atoms with Gasteiger partial charge >= 0.3 is 0 Å². The molecule has 0 spiro atoms. The largest absolute Gasteiger partial charge is 0.497 e. The highest BCUT2D eigenvalue weighted by atomic mass is 16.6. The van der Waals surface area contributed by atoms with Gasteiger partial charge in [0.25, 0.3) is 5.69 Å². The lowest BCUT2D eigenvalue weighted by molar-refractivity contribution is -0.384. The van der Waals surface area contributed by atoms with Gasteiger partial charge in [0.05, 0.1) is 12.0 Å². The normalized spacial score (nSPS) is 16.2. The highest BCUT2D eigenvalue weighted by molar-refractivity contribution is 5.61. The molecule has 0 bridgehead atoms. The molecule has 25 heavy (non-hydrogen) atoms. The smallest absolute Gasteiger partial charge is 0.292 e. The number of hydrogen-bond acceptors (Lipinski definition) is 5. The number of anilines is 1. The summed E-state index contributed by atoms with van der Waals surface area (Å²) in [5.41, 5.74) is 1.72. The quantitative estimate of drug-likeness (QED) is 0.639. The van der Waals surface area contributed by atoms with Gasteiger partial charge in [0.1, 0.15) is 11.4 Å². The van der Waals surface area contributed by atoms with Crippen LogP contribution in [-0.4, -0.2) is 31.8 Å². The number of nitrogens with one attached hydrogen (secondary N) is 1. The fraction of sp³-hybridized carbons (Fsp3) is 0.368. The van der Waals surface area contributed by atoms with Gasteiger partial charge in [0, 0.05) is 31.2 Å². The Bertz CT molecular complexity index is 724. The van der Waals surface area contributed by atoms with E-state index in [1.807, 2.05) is 12.1 Å². The molecule has 132 valence electrons. The van der Waals surface area contributed by atoms with Crippen LogP contribution in [0.15, 0.2) is 48.5 Å². The molecule has 6 nitrogen and oxygen atoms in total. The van der Waals surface area contributed by atoms with Gasteiger partial charge in [0.15, 0.2) is 0 Å². The van der Waals surface area contributed by atoms with Gasteiger partial charge in [-0.25, -0.2) is 0 Å². The van der Waals surface area contributed by atoms with Gasteiger partial charge in [0.2, 0.25) is 0 Å². The maximum absolute atomic E-state index is 11.2. The van der Waals surface area contributed by atoms with Crippen LogP contribution in [0.25, 0.3) is 0 Å². The Balaban J connectivity index is 1.85. The van der Waals surface area contributed by atoms with Crippen molar-refractivity contribution < 1.29 is 14.4 Å². The van der Waals surface area contributed by atoms with Crippen molar-refractivity contribution in [3.63, 3.8) is 0 Å². The van der Waals surface area contributed by atoms with E-state index in [9.17, 15) is 10.1 Å². The number of nitro groups is 1. The van der Waals surface area contributed by atoms with Crippen molar-refractivity contribution in [1.82, 2.24) is 0 Å². The molecule has 0 aromatic heterocycles.